The average molecular weight is 248 g/mol. The number of pyridine rings is 1. The van der Waals surface area contributed by atoms with Crippen LogP contribution in [0.4, 0.5) is 0 Å². The average Bonchev–Trinajstić information content (AvgIpc) is 2.38. The number of likely N-dealkylation sites (tertiary alicyclic amines) is 1. The molecule has 1 aromatic rings. The SMILES string of the molecule is Cc1ccncc1C(CC(=O)O)N1CCCCC1. The van der Waals surface area contributed by atoms with E-state index in [-0.39, 0.29) is 12.5 Å². The maximum absolute atomic E-state index is 11.1. The molecule has 0 aromatic carbocycles. The van der Waals surface area contributed by atoms with Crippen molar-refractivity contribution in [3.63, 3.8) is 0 Å². The van der Waals surface area contributed by atoms with Crippen molar-refractivity contribution in [3.8, 4) is 0 Å². The normalized spacial score (nSPS) is 18.5. The second-order valence-electron chi connectivity index (χ2n) is 4.94. The van der Waals surface area contributed by atoms with E-state index in [2.05, 4.69) is 9.88 Å². The van der Waals surface area contributed by atoms with Gasteiger partial charge in [-0.05, 0) is 50.0 Å². The lowest BCUT2D eigenvalue weighted by atomic mass is 9.97. The number of hydrogen-bond acceptors (Lipinski definition) is 3. The molecule has 0 saturated carbocycles. The van der Waals surface area contributed by atoms with Crippen LogP contribution in [0.2, 0.25) is 0 Å². The van der Waals surface area contributed by atoms with Gasteiger partial charge >= 0.3 is 5.97 Å². The monoisotopic (exact) mass is 248 g/mol. The highest BCUT2D eigenvalue weighted by molar-refractivity contribution is 5.68. The minimum atomic E-state index is -0.742. The number of nitrogens with zero attached hydrogens (tertiary/aromatic N) is 2. The molecule has 1 aromatic heterocycles. The summed E-state index contributed by atoms with van der Waals surface area (Å²) in [5.41, 5.74) is 2.18. The largest absolute Gasteiger partial charge is 0.481 e. The van der Waals surface area contributed by atoms with E-state index in [9.17, 15) is 4.79 Å². The minimum absolute atomic E-state index is 0.0310. The fraction of sp³-hybridized carbons (Fsp3) is 0.571. The Hall–Kier alpha value is -1.42. The lowest BCUT2D eigenvalue weighted by Gasteiger charge is -2.34. The second kappa shape index (κ2) is 5.96. The molecule has 1 saturated heterocycles. The van der Waals surface area contributed by atoms with E-state index in [1.54, 1.807) is 6.20 Å². The summed E-state index contributed by atoms with van der Waals surface area (Å²) >= 11 is 0. The van der Waals surface area contributed by atoms with Crippen LogP contribution in [-0.2, 0) is 4.79 Å². The lowest BCUT2D eigenvalue weighted by Crippen LogP contribution is -2.35. The Bertz CT molecular complexity index is 414. The highest BCUT2D eigenvalue weighted by Crippen LogP contribution is 2.29. The number of rotatable bonds is 4. The number of piperidine rings is 1. The lowest BCUT2D eigenvalue weighted by molar-refractivity contribution is -0.138. The van der Waals surface area contributed by atoms with E-state index in [4.69, 9.17) is 5.11 Å². The van der Waals surface area contributed by atoms with Crippen molar-refractivity contribution in [2.45, 2.75) is 38.6 Å². The molecule has 98 valence electrons. The van der Waals surface area contributed by atoms with Crippen LogP contribution in [0.3, 0.4) is 0 Å². The van der Waals surface area contributed by atoms with Crippen LogP contribution in [0.25, 0.3) is 0 Å². The molecule has 18 heavy (non-hydrogen) atoms. The number of carboxylic acid groups (broad SMARTS) is 1. The Kier molecular flexibility index (Phi) is 4.31. The summed E-state index contributed by atoms with van der Waals surface area (Å²) in [5.74, 6) is -0.742. The third-order valence-corrected chi connectivity index (χ3v) is 3.64. The molecule has 0 amide bonds. The molecule has 1 aliphatic heterocycles. The molecule has 4 nitrogen and oxygen atoms in total. The van der Waals surface area contributed by atoms with Gasteiger partial charge in [-0.15, -0.1) is 0 Å². The van der Waals surface area contributed by atoms with Gasteiger partial charge in [0.2, 0.25) is 0 Å². The smallest absolute Gasteiger partial charge is 0.305 e. The summed E-state index contributed by atoms with van der Waals surface area (Å²) < 4.78 is 0. The number of aliphatic carboxylic acids is 1. The number of carbonyl (C=O) groups is 1. The Morgan fingerprint density at radius 3 is 2.78 bits per heavy atom. The molecule has 2 rings (SSSR count). The summed E-state index contributed by atoms with van der Waals surface area (Å²) in [6.07, 6.45) is 7.31. The van der Waals surface area contributed by atoms with Gasteiger partial charge in [-0.3, -0.25) is 14.7 Å². The number of aromatic nitrogens is 1. The predicted octanol–water partition coefficient (Wildman–Crippen LogP) is 2.39. The van der Waals surface area contributed by atoms with Gasteiger partial charge in [-0.2, -0.15) is 0 Å². The molecule has 1 aliphatic rings. The van der Waals surface area contributed by atoms with Crippen LogP contribution < -0.4 is 0 Å². The van der Waals surface area contributed by atoms with E-state index in [1.165, 1.54) is 6.42 Å². The van der Waals surface area contributed by atoms with Crippen LogP contribution >= 0.6 is 0 Å². The van der Waals surface area contributed by atoms with Crippen molar-refractivity contribution >= 4 is 5.97 Å². The van der Waals surface area contributed by atoms with Crippen molar-refractivity contribution < 1.29 is 9.90 Å². The Labute approximate surface area is 108 Å². The number of hydrogen-bond donors (Lipinski definition) is 1. The molecule has 1 unspecified atom stereocenters. The van der Waals surface area contributed by atoms with Gasteiger partial charge in [0.1, 0.15) is 0 Å². The predicted molar refractivity (Wildman–Crippen MR) is 69.4 cm³/mol. The maximum atomic E-state index is 11.1. The first-order valence-electron chi connectivity index (χ1n) is 6.55. The Morgan fingerprint density at radius 2 is 2.17 bits per heavy atom. The van der Waals surface area contributed by atoms with E-state index >= 15 is 0 Å². The van der Waals surface area contributed by atoms with Crippen molar-refractivity contribution in [2.24, 2.45) is 0 Å². The van der Waals surface area contributed by atoms with Gasteiger partial charge in [-0.25, -0.2) is 0 Å². The molecule has 4 heteroatoms. The molecule has 0 spiro atoms. The quantitative estimate of drug-likeness (QED) is 0.889. The molecular formula is C14H20N2O2. The summed E-state index contributed by atoms with van der Waals surface area (Å²) in [5, 5.41) is 9.12. The van der Waals surface area contributed by atoms with Crippen molar-refractivity contribution in [1.29, 1.82) is 0 Å². The first-order valence-corrected chi connectivity index (χ1v) is 6.55. The molecule has 0 bridgehead atoms. The molecule has 0 aliphatic carbocycles. The van der Waals surface area contributed by atoms with Crippen LogP contribution in [0, 0.1) is 6.92 Å². The molecular weight excluding hydrogens is 228 g/mol. The van der Waals surface area contributed by atoms with E-state index in [1.807, 2.05) is 19.2 Å². The number of carboxylic acids is 1. The van der Waals surface area contributed by atoms with Crippen molar-refractivity contribution in [1.82, 2.24) is 9.88 Å². The third-order valence-electron chi connectivity index (χ3n) is 3.64. The zero-order valence-corrected chi connectivity index (χ0v) is 10.8. The zero-order valence-electron chi connectivity index (χ0n) is 10.8. The maximum Gasteiger partial charge on any atom is 0.305 e. The van der Waals surface area contributed by atoms with Crippen molar-refractivity contribution in [3.05, 3.63) is 29.6 Å². The molecule has 1 N–H and O–H groups in total. The molecule has 1 fully saturated rings. The zero-order chi connectivity index (χ0) is 13.0. The summed E-state index contributed by atoms with van der Waals surface area (Å²) in [6, 6.07) is 1.92. The van der Waals surface area contributed by atoms with Crippen LogP contribution in [0.5, 0.6) is 0 Å². The minimum Gasteiger partial charge on any atom is -0.481 e. The second-order valence-corrected chi connectivity index (χ2v) is 4.94. The van der Waals surface area contributed by atoms with E-state index in [0.29, 0.717) is 0 Å². The molecule has 1 atom stereocenters. The van der Waals surface area contributed by atoms with Gasteiger partial charge in [0.25, 0.3) is 0 Å². The molecule has 2 heterocycles. The fourth-order valence-electron chi connectivity index (χ4n) is 2.66. The first-order chi connectivity index (χ1) is 8.68. The van der Waals surface area contributed by atoms with Crippen LogP contribution in [-0.4, -0.2) is 34.0 Å². The summed E-state index contributed by atoms with van der Waals surface area (Å²) in [6.45, 7) is 4.01. The topological polar surface area (TPSA) is 53.4 Å². The van der Waals surface area contributed by atoms with E-state index in [0.717, 1.165) is 37.1 Å². The van der Waals surface area contributed by atoms with Crippen LogP contribution in [0.1, 0.15) is 42.9 Å². The van der Waals surface area contributed by atoms with Gasteiger partial charge in [0.15, 0.2) is 0 Å². The van der Waals surface area contributed by atoms with Gasteiger partial charge < -0.3 is 5.11 Å². The molecule has 0 radical (unpaired) electrons. The highest BCUT2D eigenvalue weighted by Gasteiger charge is 2.25. The first kappa shape index (κ1) is 13.0. The Morgan fingerprint density at radius 1 is 1.44 bits per heavy atom. The van der Waals surface area contributed by atoms with Crippen molar-refractivity contribution in [2.75, 3.05) is 13.1 Å². The highest BCUT2D eigenvalue weighted by atomic mass is 16.4. The van der Waals surface area contributed by atoms with Gasteiger partial charge in [0.05, 0.1) is 6.42 Å². The third kappa shape index (κ3) is 3.07. The van der Waals surface area contributed by atoms with Crippen LogP contribution in [0.15, 0.2) is 18.5 Å². The summed E-state index contributed by atoms with van der Waals surface area (Å²) in [4.78, 5) is 17.5. The standard InChI is InChI=1S/C14H20N2O2/c1-11-5-6-15-10-12(11)13(9-14(17)18)16-7-3-2-4-8-16/h5-6,10,13H,2-4,7-9H2,1H3,(H,17,18). The van der Waals surface area contributed by atoms with E-state index < -0.39 is 5.97 Å². The Balaban J connectivity index is 2.24. The fourth-order valence-corrected chi connectivity index (χ4v) is 2.66. The summed E-state index contributed by atoms with van der Waals surface area (Å²) in [7, 11) is 0. The van der Waals surface area contributed by atoms with Gasteiger partial charge in [0, 0.05) is 18.4 Å². The van der Waals surface area contributed by atoms with Gasteiger partial charge in [-0.1, -0.05) is 6.42 Å². The number of aryl methyl sites for hydroxylation is 1.